The molecule has 4 heteroatoms. The molecule has 3 rings (SSSR count). The van der Waals surface area contributed by atoms with Crippen molar-refractivity contribution in [1.82, 2.24) is 9.88 Å². The molecule has 1 unspecified atom stereocenters. The molecule has 22 heavy (non-hydrogen) atoms. The van der Waals surface area contributed by atoms with Crippen LogP contribution in [0.25, 0.3) is 0 Å². The van der Waals surface area contributed by atoms with Crippen molar-refractivity contribution >= 4 is 17.7 Å². The van der Waals surface area contributed by atoms with Crippen LogP contribution in [0.5, 0.6) is 0 Å². The van der Waals surface area contributed by atoms with Gasteiger partial charge in [-0.2, -0.15) is 11.8 Å². The summed E-state index contributed by atoms with van der Waals surface area (Å²) in [5, 5.41) is 0.483. The summed E-state index contributed by atoms with van der Waals surface area (Å²) in [7, 11) is 0. The highest BCUT2D eigenvalue weighted by molar-refractivity contribution is 7.99. The maximum absolute atomic E-state index is 12.6. The maximum atomic E-state index is 12.6. The van der Waals surface area contributed by atoms with E-state index in [1.165, 1.54) is 11.1 Å². The molecule has 1 fully saturated rings. The summed E-state index contributed by atoms with van der Waals surface area (Å²) in [6, 6.07) is 12.2. The summed E-state index contributed by atoms with van der Waals surface area (Å²) >= 11 is 1.96. The van der Waals surface area contributed by atoms with Crippen LogP contribution in [0.3, 0.4) is 0 Å². The van der Waals surface area contributed by atoms with E-state index in [4.69, 9.17) is 0 Å². The molecular weight excluding hydrogens is 292 g/mol. The van der Waals surface area contributed by atoms with Crippen molar-refractivity contribution in [1.29, 1.82) is 0 Å². The second-order valence-electron chi connectivity index (χ2n) is 5.53. The predicted molar refractivity (Wildman–Crippen MR) is 91.1 cm³/mol. The van der Waals surface area contributed by atoms with Crippen LogP contribution in [0.4, 0.5) is 0 Å². The fourth-order valence-electron chi connectivity index (χ4n) is 2.85. The molecule has 114 valence electrons. The van der Waals surface area contributed by atoms with Gasteiger partial charge >= 0.3 is 0 Å². The van der Waals surface area contributed by atoms with Gasteiger partial charge in [0, 0.05) is 42.0 Å². The summed E-state index contributed by atoms with van der Waals surface area (Å²) in [6.07, 6.45) is 4.36. The second-order valence-corrected chi connectivity index (χ2v) is 6.84. The third-order valence-electron chi connectivity index (χ3n) is 4.09. The average molecular weight is 312 g/mol. The van der Waals surface area contributed by atoms with Gasteiger partial charge in [-0.3, -0.25) is 9.78 Å². The largest absolute Gasteiger partial charge is 0.338 e. The Balaban J connectivity index is 1.70. The van der Waals surface area contributed by atoms with E-state index in [1.54, 1.807) is 24.5 Å². The number of amides is 1. The van der Waals surface area contributed by atoms with Gasteiger partial charge in [0.05, 0.1) is 0 Å². The lowest BCUT2D eigenvalue weighted by Gasteiger charge is -2.20. The molecule has 0 saturated carbocycles. The molecule has 1 saturated heterocycles. The van der Waals surface area contributed by atoms with Gasteiger partial charge in [-0.15, -0.1) is 0 Å². The summed E-state index contributed by atoms with van der Waals surface area (Å²) in [5.41, 5.74) is 3.48. The van der Waals surface area contributed by atoms with Gasteiger partial charge in [0.15, 0.2) is 0 Å². The van der Waals surface area contributed by atoms with E-state index in [0.717, 1.165) is 30.8 Å². The Morgan fingerprint density at radius 2 is 1.95 bits per heavy atom. The number of pyridine rings is 1. The fourth-order valence-corrected chi connectivity index (χ4v) is 4.17. The molecule has 1 aliphatic heterocycles. The van der Waals surface area contributed by atoms with E-state index in [-0.39, 0.29) is 5.91 Å². The summed E-state index contributed by atoms with van der Waals surface area (Å²) in [5.74, 6) is 1.10. The zero-order valence-electron chi connectivity index (χ0n) is 12.7. The minimum Gasteiger partial charge on any atom is -0.338 e. The quantitative estimate of drug-likeness (QED) is 0.847. The Morgan fingerprint density at radius 3 is 2.73 bits per heavy atom. The topological polar surface area (TPSA) is 33.2 Å². The van der Waals surface area contributed by atoms with Gasteiger partial charge in [0.1, 0.15) is 0 Å². The van der Waals surface area contributed by atoms with Crippen LogP contribution in [0.2, 0.25) is 0 Å². The molecule has 2 aromatic rings. The summed E-state index contributed by atoms with van der Waals surface area (Å²) in [6.45, 7) is 3.79. The van der Waals surface area contributed by atoms with E-state index in [2.05, 4.69) is 36.2 Å². The normalized spacial score (nSPS) is 18.8. The number of carbonyl (C=O) groups is 1. The standard InChI is InChI=1S/C18H20N2OS/c1-14-4-2-3-5-16(14)17-8-11-20(12-13-22-17)18(21)15-6-9-19-10-7-15/h2-7,9-10,17H,8,11-13H2,1H3. The van der Waals surface area contributed by atoms with Gasteiger partial charge in [0.2, 0.25) is 0 Å². The average Bonchev–Trinajstić information content (AvgIpc) is 2.81. The van der Waals surface area contributed by atoms with Crippen LogP contribution in [0, 0.1) is 6.92 Å². The first-order valence-corrected chi connectivity index (χ1v) is 8.67. The Kier molecular flexibility index (Phi) is 4.78. The monoisotopic (exact) mass is 312 g/mol. The van der Waals surface area contributed by atoms with Crippen LogP contribution >= 0.6 is 11.8 Å². The van der Waals surface area contributed by atoms with Crippen molar-refractivity contribution in [3.05, 3.63) is 65.5 Å². The molecule has 1 aromatic carbocycles. The molecule has 1 atom stereocenters. The second kappa shape index (κ2) is 6.97. The van der Waals surface area contributed by atoms with Gasteiger partial charge in [-0.1, -0.05) is 24.3 Å². The lowest BCUT2D eigenvalue weighted by Crippen LogP contribution is -2.32. The minimum atomic E-state index is 0.119. The fraction of sp³-hybridized carbons (Fsp3) is 0.333. The van der Waals surface area contributed by atoms with Crippen LogP contribution in [-0.4, -0.2) is 34.6 Å². The van der Waals surface area contributed by atoms with Gasteiger partial charge in [-0.05, 0) is 36.6 Å². The van der Waals surface area contributed by atoms with Crippen LogP contribution in [-0.2, 0) is 0 Å². The SMILES string of the molecule is Cc1ccccc1C1CCN(C(=O)c2ccncc2)CCS1. The molecule has 1 aromatic heterocycles. The first-order chi connectivity index (χ1) is 10.8. The third-order valence-corrected chi connectivity index (χ3v) is 5.40. The molecule has 1 aliphatic rings. The van der Waals surface area contributed by atoms with E-state index in [0.29, 0.717) is 5.25 Å². The first kappa shape index (κ1) is 15.1. The Morgan fingerprint density at radius 1 is 1.18 bits per heavy atom. The number of rotatable bonds is 2. The zero-order chi connectivity index (χ0) is 15.4. The minimum absolute atomic E-state index is 0.119. The number of carbonyl (C=O) groups excluding carboxylic acids is 1. The van der Waals surface area contributed by atoms with E-state index >= 15 is 0 Å². The lowest BCUT2D eigenvalue weighted by atomic mass is 10.0. The Bertz CT molecular complexity index is 645. The smallest absolute Gasteiger partial charge is 0.253 e. The molecule has 0 radical (unpaired) electrons. The van der Waals surface area contributed by atoms with Crippen LogP contribution < -0.4 is 0 Å². The van der Waals surface area contributed by atoms with Crippen LogP contribution in [0.1, 0.15) is 33.2 Å². The number of benzene rings is 1. The number of thioether (sulfide) groups is 1. The Hall–Kier alpha value is -1.81. The number of hydrogen-bond acceptors (Lipinski definition) is 3. The molecule has 0 spiro atoms. The highest BCUT2D eigenvalue weighted by atomic mass is 32.2. The van der Waals surface area contributed by atoms with Crippen LogP contribution in [0.15, 0.2) is 48.8 Å². The number of aromatic nitrogens is 1. The summed E-state index contributed by atoms with van der Waals surface area (Å²) < 4.78 is 0. The summed E-state index contributed by atoms with van der Waals surface area (Å²) in [4.78, 5) is 18.5. The zero-order valence-corrected chi connectivity index (χ0v) is 13.6. The number of aryl methyl sites for hydroxylation is 1. The van der Waals surface area contributed by atoms with Crippen molar-refractivity contribution in [2.45, 2.75) is 18.6 Å². The molecule has 3 nitrogen and oxygen atoms in total. The highest BCUT2D eigenvalue weighted by Gasteiger charge is 2.23. The lowest BCUT2D eigenvalue weighted by molar-refractivity contribution is 0.0766. The van der Waals surface area contributed by atoms with E-state index in [1.807, 2.05) is 16.7 Å². The molecule has 0 aliphatic carbocycles. The van der Waals surface area contributed by atoms with Crippen molar-refractivity contribution in [3.8, 4) is 0 Å². The first-order valence-electron chi connectivity index (χ1n) is 7.62. The van der Waals surface area contributed by atoms with Crippen molar-refractivity contribution in [2.24, 2.45) is 0 Å². The van der Waals surface area contributed by atoms with Gasteiger partial charge in [-0.25, -0.2) is 0 Å². The Labute approximate surface area is 135 Å². The molecule has 0 N–H and O–H groups in total. The maximum Gasteiger partial charge on any atom is 0.253 e. The van der Waals surface area contributed by atoms with Crippen molar-refractivity contribution in [3.63, 3.8) is 0 Å². The predicted octanol–water partition coefficient (Wildman–Crippen LogP) is 3.71. The van der Waals surface area contributed by atoms with Crippen molar-refractivity contribution in [2.75, 3.05) is 18.8 Å². The third kappa shape index (κ3) is 3.33. The highest BCUT2D eigenvalue weighted by Crippen LogP contribution is 2.36. The van der Waals surface area contributed by atoms with E-state index < -0.39 is 0 Å². The molecule has 2 heterocycles. The molecule has 0 bridgehead atoms. The molecule has 1 amide bonds. The van der Waals surface area contributed by atoms with Crippen molar-refractivity contribution < 1.29 is 4.79 Å². The number of nitrogens with zero attached hydrogens (tertiary/aromatic N) is 2. The van der Waals surface area contributed by atoms with Gasteiger partial charge in [0.25, 0.3) is 5.91 Å². The van der Waals surface area contributed by atoms with E-state index in [9.17, 15) is 4.79 Å². The van der Waals surface area contributed by atoms with Gasteiger partial charge < -0.3 is 4.90 Å². The molecular formula is C18H20N2OS. The number of hydrogen-bond donors (Lipinski definition) is 0.